The summed E-state index contributed by atoms with van der Waals surface area (Å²) in [4.78, 5) is 36.8. The van der Waals surface area contributed by atoms with E-state index in [9.17, 15) is 14.4 Å². The molecule has 2 rings (SSSR count). The molecule has 1 aliphatic heterocycles. The topological polar surface area (TPSA) is 83.9 Å². The maximum absolute atomic E-state index is 12.5. The Hall–Kier alpha value is -1.89. The van der Waals surface area contributed by atoms with E-state index in [0.717, 1.165) is 0 Å². The number of piperidine rings is 1. The van der Waals surface area contributed by atoms with Crippen molar-refractivity contribution in [3.8, 4) is 0 Å². The summed E-state index contributed by atoms with van der Waals surface area (Å²) in [6.45, 7) is 2.49. The number of Topliss-reactive ketones (excluding diaryl/α,β-unsaturated/α-hetero) is 1. The van der Waals surface area contributed by atoms with Crippen molar-refractivity contribution in [3.63, 3.8) is 0 Å². The first kappa shape index (κ1) is 15.5. The average Bonchev–Trinajstić information content (AvgIpc) is 2.87. The van der Waals surface area contributed by atoms with Gasteiger partial charge < -0.3 is 14.7 Å². The fraction of sp³-hybridized carbons (Fsp3) is 0.500. The molecule has 0 aromatic carbocycles. The summed E-state index contributed by atoms with van der Waals surface area (Å²) in [7, 11) is 1.31. The number of carbonyl (C=O) groups is 3. The van der Waals surface area contributed by atoms with Gasteiger partial charge in [-0.25, -0.2) is 9.59 Å². The summed E-state index contributed by atoms with van der Waals surface area (Å²) in [6.07, 6.45) is 0.104. The number of nitrogens with zero attached hydrogens (tertiary/aromatic N) is 1. The Morgan fingerprint density at radius 3 is 2.48 bits per heavy atom. The highest BCUT2D eigenvalue weighted by Gasteiger charge is 2.30. The molecule has 6 nitrogen and oxygen atoms in total. The van der Waals surface area contributed by atoms with E-state index in [1.165, 1.54) is 23.3 Å². The molecular formula is C14H17NO5S. The van der Waals surface area contributed by atoms with Crippen molar-refractivity contribution >= 4 is 29.2 Å². The Labute approximate surface area is 126 Å². The minimum atomic E-state index is -0.943. The molecule has 21 heavy (non-hydrogen) atoms. The smallest absolute Gasteiger partial charge is 0.407 e. The van der Waals surface area contributed by atoms with Gasteiger partial charge in [-0.15, -0.1) is 11.3 Å². The molecule has 1 fully saturated rings. The minimum absolute atomic E-state index is 0.00214. The van der Waals surface area contributed by atoms with Gasteiger partial charge in [0.25, 0.3) is 0 Å². The van der Waals surface area contributed by atoms with Gasteiger partial charge in [-0.3, -0.25) is 4.79 Å². The molecule has 1 amide bonds. The van der Waals surface area contributed by atoms with Crippen LogP contribution in [-0.4, -0.2) is 48.1 Å². The molecule has 0 bridgehead atoms. The van der Waals surface area contributed by atoms with Crippen molar-refractivity contribution in [2.45, 2.75) is 19.8 Å². The van der Waals surface area contributed by atoms with Gasteiger partial charge in [-0.2, -0.15) is 0 Å². The molecule has 0 atom stereocenters. The molecule has 1 saturated heterocycles. The van der Waals surface area contributed by atoms with Crippen molar-refractivity contribution < 1.29 is 24.2 Å². The lowest BCUT2D eigenvalue weighted by Crippen LogP contribution is -2.39. The van der Waals surface area contributed by atoms with Crippen LogP contribution in [0.2, 0.25) is 0 Å². The van der Waals surface area contributed by atoms with E-state index < -0.39 is 12.1 Å². The van der Waals surface area contributed by atoms with E-state index >= 15 is 0 Å². The fourth-order valence-corrected chi connectivity index (χ4v) is 3.57. The number of esters is 1. The molecule has 7 heteroatoms. The van der Waals surface area contributed by atoms with Crippen molar-refractivity contribution in [2.75, 3.05) is 20.2 Å². The van der Waals surface area contributed by atoms with Gasteiger partial charge in [0.05, 0.1) is 17.6 Å². The van der Waals surface area contributed by atoms with E-state index in [-0.39, 0.29) is 11.7 Å². The van der Waals surface area contributed by atoms with E-state index in [4.69, 9.17) is 5.11 Å². The van der Waals surface area contributed by atoms with Gasteiger partial charge in [0.15, 0.2) is 5.78 Å². The number of likely N-dealkylation sites (tertiary alicyclic amines) is 1. The summed E-state index contributed by atoms with van der Waals surface area (Å²) in [5.41, 5.74) is 1.08. The second-order valence-corrected chi connectivity index (χ2v) is 5.88. The number of thiophene rings is 1. The number of rotatable bonds is 3. The lowest BCUT2D eigenvalue weighted by Gasteiger charge is -2.29. The number of carboxylic acid groups (broad SMARTS) is 1. The zero-order valence-electron chi connectivity index (χ0n) is 11.9. The van der Waals surface area contributed by atoms with Crippen LogP contribution in [0, 0.1) is 12.8 Å². The van der Waals surface area contributed by atoms with Crippen molar-refractivity contribution in [1.82, 2.24) is 4.90 Å². The quantitative estimate of drug-likeness (QED) is 0.684. The number of ether oxygens (including phenoxy) is 1. The number of ketones is 1. The molecule has 114 valence electrons. The molecule has 0 spiro atoms. The Bertz CT molecular complexity index is 572. The van der Waals surface area contributed by atoms with Crippen LogP contribution in [-0.2, 0) is 4.74 Å². The van der Waals surface area contributed by atoms with Gasteiger partial charge in [-0.05, 0) is 25.3 Å². The largest absolute Gasteiger partial charge is 0.465 e. The summed E-state index contributed by atoms with van der Waals surface area (Å²) in [6, 6.07) is 0. The molecule has 2 heterocycles. The predicted molar refractivity (Wildman–Crippen MR) is 77.0 cm³/mol. The molecule has 0 aliphatic carbocycles. The first-order valence-corrected chi connectivity index (χ1v) is 7.52. The van der Waals surface area contributed by atoms with Crippen LogP contribution in [0.3, 0.4) is 0 Å². The fourth-order valence-electron chi connectivity index (χ4n) is 2.49. The molecule has 0 unspecified atom stereocenters. The normalized spacial score (nSPS) is 15.8. The number of hydrogen-bond acceptors (Lipinski definition) is 5. The zero-order valence-corrected chi connectivity index (χ0v) is 12.7. The van der Waals surface area contributed by atoms with Crippen molar-refractivity contribution in [1.29, 1.82) is 0 Å². The number of amides is 1. The van der Waals surface area contributed by atoms with Gasteiger partial charge in [0.2, 0.25) is 0 Å². The second kappa shape index (κ2) is 6.26. The van der Waals surface area contributed by atoms with Crippen molar-refractivity contribution in [3.05, 3.63) is 21.4 Å². The summed E-state index contributed by atoms with van der Waals surface area (Å²) < 4.78 is 4.68. The van der Waals surface area contributed by atoms with Crippen LogP contribution in [0.5, 0.6) is 0 Å². The third-order valence-corrected chi connectivity index (χ3v) is 4.90. The molecular weight excluding hydrogens is 294 g/mol. The summed E-state index contributed by atoms with van der Waals surface area (Å²) in [5, 5.41) is 10.5. The van der Waals surface area contributed by atoms with Crippen LogP contribution >= 0.6 is 11.3 Å². The number of hydrogen-bond donors (Lipinski definition) is 1. The van der Waals surface area contributed by atoms with Gasteiger partial charge in [0.1, 0.15) is 0 Å². The van der Waals surface area contributed by atoms with Gasteiger partial charge >= 0.3 is 12.1 Å². The standard InChI is InChI=1S/C14H17NO5S/c1-8-10(13(17)20-2)7-21-12(8)11(16)9-3-5-15(6-4-9)14(18)19/h7,9H,3-6H2,1-2H3,(H,18,19). The van der Waals surface area contributed by atoms with Crippen molar-refractivity contribution in [2.24, 2.45) is 5.92 Å². The van der Waals surface area contributed by atoms with Crippen LogP contribution in [0.4, 0.5) is 4.79 Å². The van der Waals surface area contributed by atoms with Gasteiger partial charge in [0, 0.05) is 24.4 Å². The Morgan fingerprint density at radius 1 is 1.33 bits per heavy atom. The lowest BCUT2D eigenvalue weighted by molar-refractivity contribution is 0.0600. The van der Waals surface area contributed by atoms with Crippen LogP contribution in [0.1, 0.15) is 38.4 Å². The average molecular weight is 311 g/mol. The first-order valence-electron chi connectivity index (χ1n) is 6.64. The molecule has 1 aromatic rings. The molecule has 1 aromatic heterocycles. The molecule has 0 radical (unpaired) electrons. The Morgan fingerprint density at radius 2 is 1.95 bits per heavy atom. The first-order chi connectivity index (χ1) is 9.95. The molecule has 1 N–H and O–H groups in total. The third kappa shape index (κ3) is 3.07. The highest BCUT2D eigenvalue weighted by molar-refractivity contribution is 7.12. The van der Waals surface area contributed by atoms with E-state index in [1.807, 2.05) is 0 Å². The number of methoxy groups -OCH3 is 1. The number of carbonyl (C=O) groups excluding carboxylic acids is 2. The SMILES string of the molecule is COC(=O)c1csc(C(=O)C2CCN(C(=O)O)CC2)c1C. The molecule has 0 saturated carbocycles. The maximum Gasteiger partial charge on any atom is 0.407 e. The highest BCUT2D eigenvalue weighted by Crippen LogP contribution is 2.29. The summed E-state index contributed by atoms with van der Waals surface area (Å²) in [5.74, 6) is -0.621. The monoisotopic (exact) mass is 311 g/mol. The van der Waals surface area contributed by atoms with E-state index in [0.29, 0.717) is 41.9 Å². The van der Waals surface area contributed by atoms with E-state index in [2.05, 4.69) is 4.74 Å². The van der Waals surface area contributed by atoms with E-state index in [1.54, 1.807) is 12.3 Å². The third-order valence-electron chi connectivity index (χ3n) is 3.80. The van der Waals surface area contributed by atoms with Crippen LogP contribution in [0.25, 0.3) is 0 Å². The highest BCUT2D eigenvalue weighted by atomic mass is 32.1. The van der Waals surface area contributed by atoms with Crippen LogP contribution < -0.4 is 0 Å². The maximum atomic E-state index is 12.5. The van der Waals surface area contributed by atoms with Gasteiger partial charge in [-0.1, -0.05) is 0 Å². The zero-order chi connectivity index (χ0) is 15.6. The van der Waals surface area contributed by atoms with Crippen LogP contribution in [0.15, 0.2) is 5.38 Å². The minimum Gasteiger partial charge on any atom is -0.465 e. The summed E-state index contributed by atoms with van der Waals surface area (Å²) >= 11 is 1.25. The predicted octanol–water partition coefficient (Wildman–Crippen LogP) is 2.42. The second-order valence-electron chi connectivity index (χ2n) is 5.00. The molecule has 1 aliphatic rings. The Balaban J connectivity index is 2.10. The lowest BCUT2D eigenvalue weighted by atomic mass is 9.90. The Kier molecular flexibility index (Phi) is 4.62.